The minimum atomic E-state index is 0.491. The van der Waals surface area contributed by atoms with Gasteiger partial charge in [0.25, 0.3) is 0 Å². The van der Waals surface area contributed by atoms with Crippen LogP contribution in [0.3, 0.4) is 0 Å². The highest BCUT2D eigenvalue weighted by Crippen LogP contribution is 2.47. The fourth-order valence-corrected chi connectivity index (χ4v) is 4.78. The van der Waals surface area contributed by atoms with E-state index in [-0.39, 0.29) is 0 Å². The molecule has 0 saturated heterocycles. The molecule has 1 heteroatoms. The third-order valence-electron chi connectivity index (χ3n) is 6.32. The van der Waals surface area contributed by atoms with Crippen LogP contribution in [0.5, 0.6) is 0 Å². The molecule has 140 valence electrons. The van der Waals surface area contributed by atoms with Crippen LogP contribution < -0.4 is 0 Å². The number of likely N-dealkylation sites (N-methyl/N-ethyl adjacent to an activating group) is 1. The van der Waals surface area contributed by atoms with Gasteiger partial charge in [-0.2, -0.15) is 0 Å². The molecule has 1 nitrogen and oxygen atoms in total. The fraction of sp³-hybridized carbons (Fsp3) is 0.440. The standard InChI is InChI=1S/C25H35N/c1-8-13-15-20-16-19(10-3)24(21(20)11-4)17-23-18(6)26(7)25(14-9-2)22(23)12-5/h8-9,11-15,18-19,23-24H,1,4-5,10,16-17H2,2-3,6-7H3/b14-9-,15-13-. The molecule has 0 N–H and O–H groups in total. The summed E-state index contributed by atoms with van der Waals surface area (Å²) in [5.74, 6) is 1.78. The molecule has 0 aromatic rings. The van der Waals surface area contributed by atoms with Crippen molar-refractivity contribution < 1.29 is 0 Å². The van der Waals surface area contributed by atoms with E-state index in [0.29, 0.717) is 23.8 Å². The Hall–Kier alpha value is -2.02. The van der Waals surface area contributed by atoms with Crippen LogP contribution >= 0.6 is 0 Å². The molecule has 0 aromatic heterocycles. The van der Waals surface area contributed by atoms with Crippen LogP contribution in [0, 0.1) is 17.8 Å². The second-order valence-corrected chi connectivity index (χ2v) is 7.50. The average Bonchev–Trinajstić information content (AvgIpc) is 3.10. The maximum atomic E-state index is 4.14. The Kier molecular flexibility index (Phi) is 7.08. The Bertz CT molecular complexity index is 670. The number of rotatable bonds is 8. The molecule has 0 radical (unpaired) electrons. The number of allylic oxidation sites excluding steroid dienone is 9. The van der Waals surface area contributed by atoms with Crippen molar-refractivity contribution in [3.8, 4) is 0 Å². The molecule has 0 aromatic carbocycles. The van der Waals surface area contributed by atoms with Crippen molar-refractivity contribution in [2.24, 2.45) is 17.8 Å². The monoisotopic (exact) mass is 349 g/mol. The number of hydrogen-bond donors (Lipinski definition) is 0. The zero-order chi connectivity index (χ0) is 19.3. The Balaban J connectivity index is 2.39. The SMILES string of the molecule is C=C/C=C\C1=C(C=C)C(CC2C(C=C)=C(/C=C\C)N(C)C2C)C(CC)C1. The van der Waals surface area contributed by atoms with Crippen molar-refractivity contribution >= 4 is 0 Å². The Morgan fingerprint density at radius 3 is 2.31 bits per heavy atom. The van der Waals surface area contributed by atoms with E-state index in [4.69, 9.17) is 0 Å². The molecule has 1 heterocycles. The minimum absolute atomic E-state index is 0.491. The van der Waals surface area contributed by atoms with E-state index >= 15 is 0 Å². The van der Waals surface area contributed by atoms with E-state index < -0.39 is 0 Å². The predicted molar refractivity (Wildman–Crippen MR) is 116 cm³/mol. The molecule has 2 rings (SSSR count). The van der Waals surface area contributed by atoms with Crippen molar-refractivity contribution in [2.75, 3.05) is 7.05 Å². The topological polar surface area (TPSA) is 3.24 Å². The number of hydrogen-bond acceptors (Lipinski definition) is 1. The van der Waals surface area contributed by atoms with E-state index in [1.54, 1.807) is 0 Å². The van der Waals surface area contributed by atoms with Crippen LogP contribution in [-0.4, -0.2) is 18.0 Å². The fourth-order valence-electron chi connectivity index (χ4n) is 4.78. The van der Waals surface area contributed by atoms with Crippen LogP contribution in [0.1, 0.15) is 40.0 Å². The molecule has 0 fully saturated rings. The van der Waals surface area contributed by atoms with Crippen molar-refractivity contribution in [1.29, 1.82) is 0 Å². The normalized spacial score (nSPS) is 29.5. The molecule has 0 saturated carbocycles. The summed E-state index contributed by atoms with van der Waals surface area (Å²) in [6.45, 7) is 18.8. The molecule has 0 amide bonds. The second-order valence-electron chi connectivity index (χ2n) is 7.50. The van der Waals surface area contributed by atoms with Crippen molar-refractivity contribution in [3.05, 3.63) is 84.7 Å². The molecule has 2 aliphatic rings. The smallest absolute Gasteiger partial charge is 0.0398 e. The van der Waals surface area contributed by atoms with Gasteiger partial charge in [0.1, 0.15) is 0 Å². The van der Waals surface area contributed by atoms with E-state index in [2.05, 4.69) is 88.9 Å². The summed E-state index contributed by atoms with van der Waals surface area (Å²) in [6, 6.07) is 0.491. The third-order valence-corrected chi connectivity index (χ3v) is 6.32. The molecule has 4 atom stereocenters. The van der Waals surface area contributed by atoms with Crippen molar-refractivity contribution in [2.45, 2.75) is 46.1 Å². The zero-order valence-corrected chi connectivity index (χ0v) is 17.0. The highest BCUT2D eigenvalue weighted by Gasteiger charge is 2.39. The summed E-state index contributed by atoms with van der Waals surface area (Å²) < 4.78 is 0. The first-order valence-electron chi connectivity index (χ1n) is 9.90. The Morgan fingerprint density at radius 2 is 1.77 bits per heavy atom. The van der Waals surface area contributed by atoms with Crippen LogP contribution in [0.25, 0.3) is 0 Å². The van der Waals surface area contributed by atoms with Crippen molar-refractivity contribution in [3.63, 3.8) is 0 Å². The lowest BCUT2D eigenvalue weighted by Gasteiger charge is -2.29. The Morgan fingerprint density at radius 1 is 1.08 bits per heavy atom. The van der Waals surface area contributed by atoms with E-state index in [9.17, 15) is 0 Å². The zero-order valence-electron chi connectivity index (χ0n) is 17.0. The molecule has 4 unspecified atom stereocenters. The molecule has 1 aliphatic heterocycles. The van der Waals surface area contributed by atoms with Gasteiger partial charge in [0.2, 0.25) is 0 Å². The summed E-state index contributed by atoms with van der Waals surface area (Å²) in [7, 11) is 2.21. The lowest BCUT2D eigenvalue weighted by atomic mass is 9.78. The highest BCUT2D eigenvalue weighted by atomic mass is 15.2. The molecule has 26 heavy (non-hydrogen) atoms. The van der Waals surface area contributed by atoms with Gasteiger partial charge in [-0.25, -0.2) is 0 Å². The van der Waals surface area contributed by atoms with Crippen LogP contribution in [0.15, 0.2) is 84.7 Å². The van der Waals surface area contributed by atoms with E-state index in [1.807, 2.05) is 6.08 Å². The van der Waals surface area contributed by atoms with Crippen LogP contribution in [0.2, 0.25) is 0 Å². The lowest BCUT2D eigenvalue weighted by molar-refractivity contribution is 0.258. The van der Waals surface area contributed by atoms with Gasteiger partial charge >= 0.3 is 0 Å². The maximum absolute atomic E-state index is 4.14. The molecule has 0 bridgehead atoms. The summed E-state index contributed by atoms with van der Waals surface area (Å²) >= 11 is 0. The first kappa shape index (κ1) is 20.3. The first-order chi connectivity index (χ1) is 12.5. The summed E-state index contributed by atoms with van der Waals surface area (Å²) in [6.07, 6.45) is 18.2. The summed E-state index contributed by atoms with van der Waals surface area (Å²) in [5, 5.41) is 0. The third kappa shape index (κ3) is 3.72. The molecular weight excluding hydrogens is 314 g/mol. The van der Waals surface area contributed by atoms with Crippen LogP contribution in [-0.2, 0) is 0 Å². The van der Waals surface area contributed by atoms with Crippen LogP contribution in [0.4, 0.5) is 0 Å². The summed E-state index contributed by atoms with van der Waals surface area (Å²) in [5.41, 5.74) is 5.59. The van der Waals surface area contributed by atoms with Gasteiger partial charge in [-0.15, -0.1) is 0 Å². The van der Waals surface area contributed by atoms with E-state index in [1.165, 1.54) is 35.3 Å². The van der Waals surface area contributed by atoms with Gasteiger partial charge in [0.05, 0.1) is 0 Å². The van der Waals surface area contributed by atoms with Gasteiger partial charge in [0, 0.05) is 24.7 Å². The van der Waals surface area contributed by atoms with Gasteiger partial charge in [-0.1, -0.05) is 69.5 Å². The van der Waals surface area contributed by atoms with Gasteiger partial charge in [-0.05, 0) is 61.3 Å². The lowest BCUT2D eigenvalue weighted by Crippen LogP contribution is -2.29. The van der Waals surface area contributed by atoms with Gasteiger partial charge < -0.3 is 4.90 Å². The predicted octanol–water partition coefficient (Wildman–Crippen LogP) is 6.61. The van der Waals surface area contributed by atoms with Crippen molar-refractivity contribution in [1.82, 2.24) is 4.90 Å². The molecule has 1 aliphatic carbocycles. The maximum Gasteiger partial charge on any atom is 0.0398 e. The summed E-state index contributed by atoms with van der Waals surface area (Å²) in [4.78, 5) is 2.41. The Labute approximate surface area is 160 Å². The van der Waals surface area contributed by atoms with E-state index in [0.717, 1.165) is 6.42 Å². The average molecular weight is 350 g/mol. The highest BCUT2D eigenvalue weighted by molar-refractivity contribution is 5.43. The first-order valence-corrected chi connectivity index (χ1v) is 9.90. The minimum Gasteiger partial charge on any atom is -0.371 e. The van der Waals surface area contributed by atoms with Gasteiger partial charge in [-0.3, -0.25) is 0 Å². The molecular formula is C25H35N. The number of nitrogens with zero attached hydrogens (tertiary/aromatic N) is 1. The quantitative estimate of drug-likeness (QED) is 0.445. The second kappa shape index (κ2) is 9.07. The largest absolute Gasteiger partial charge is 0.371 e. The van der Waals surface area contributed by atoms with Gasteiger partial charge in [0.15, 0.2) is 0 Å². The molecule has 0 spiro atoms.